The molecule has 18 heavy (non-hydrogen) atoms. The average Bonchev–Trinajstić information content (AvgIpc) is 2.90. The van der Waals surface area contributed by atoms with Crippen molar-refractivity contribution in [1.82, 2.24) is 4.90 Å². The molecule has 0 N–H and O–H groups in total. The number of hydrogen-bond donors (Lipinski definition) is 0. The summed E-state index contributed by atoms with van der Waals surface area (Å²) in [5.74, 6) is 0.106. The molecule has 1 aliphatic rings. The van der Waals surface area contributed by atoms with Gasteiger partial charge in [0.25, 0.3) is 0 Å². The van der Waals surface area contributed by atoms with Gasteiger partial charge in [-0.25, -0.2) is 4.39 Å². The van der Waals surface area contributed by atoms with Crippen LogP contribution in [0.25, 0.3) is 0 Å². The number of aryl methyl sites for hydroxylation is 1. The van der Waals surface area contributed by atoms with Crippen LogP contribution in [-0.4, -0.2) is 23.9 Å². The molecule has 0 saturated carbocycles. The van der Waals surface area contributed by atoms with Gasteiger partial charge in [0.1, 0.15) is 5.82 Å². The minimum absolute atomic E-state index is 0.192. The molecule has 1 fully saturated rings. The van der Waals surface area contributed by atoms with Crippen LogP contribution in [0, 0.1) is 5.82 Å². The van der Waals surface area contributed by atoms with E-state index >= 15 is 0 Å². The van der Waals surface area contributed by atoms with Crippen molar-refractivity contribution in [2.75, 3.05) is 13.1 Å². The SMILES string of the molecule is O=C(CCCCc1ccc(F)cc1)N1CCCC1. The Bertz CT molecular complexity index is 382. The summed E-state index contributed by atoms with van der Waals surface area (Å²) in [5.41, 5.74) is 1.14. The zero-order valence-electron chi connectivity index (χ0n) is 10.7. The van der Waals surface area contributed by atoms with Gasteiger partial charge < -0.3 is 4.90 Å². The second-order valence-electron chi connectivity index (χ2n) is 4.92. The van der Waals surface area contributed by atoms with Crippen molar-refractivity contribution in [1.29, 1.82) is 0 Å². The molecule has 0 atom stereocenters. The molecule has 2 nitrogen and oxygen atoms in total. The molecule has 0 aliphatic carbocycles. The van der Waals surface area contributed by atoms with E-state index < -0.39 is 0 Å². The maximum atomic E-state index is 12.7. The molecule has 1 saturated heterocycles. The summed E-state index contributed by atoms with van der Waals surface area (Å²) in [6, 6.07) is 6.62. The lowest BCUT2D eigenvalue weighted by atomic mass is 10.1. The second kappa shape index (κ2) is 6.53. The van der Waals surface area contributed by atoms with E-state index in [4.69, 9.17) is 0 Å². The van der Waals surface area contributed by atoms with E-state index in [0.29, 0.717) is 12.3 Å². The fraction of sp³-hybridized carbons (Fsp3) is 0.533. The van der Waals surface area contributed by atoms with Crippen LogP contribution in [0.5, 0.6) is 0 Å². The van der Waals surface area contributed by atoms with Crippen LogP contribution in [0.1, 0.15) is 37.7 Å². The summed E-state index contributed by atoms with van der Waals surface area (Å²) < 4.78 is 12.7. The van der Waals surface area contributed by atoms with Gasteiger partial charge in [-0.15, -0.1) is 0 Å². The Labute approximate surface area is 108 Å². The molecule has 0 radical (unpaired) electrons. The van der Waals surface area contributed by atoms with Crippen LogP contribution < -0.4 is 0 Å². The number of carbonyl (C=O) groups excluding carboxylic acids is 1. The molecule has 3 heteroatoms. The molecule has 1 aromatic carbocycles. The first-order valence-corrected chi connectivity index (χ1v) is 6.78. The minimum Gasteiger partial charge on any atom is -0.343 e. The molecule has 2 rings (SSSR count). The third kappa shape index (κ3) is 3.83. The fourth-order valence-electron chi connectivity index (χ4n) is 2.38. The van der Waals surface area contributed by atoms with Gasteiger partial charge in [-0.05, 0) is 49.8 Å². The molecule has 1 amide bonds. The Kier molecular flexibility index (Phi) is 4.73. The lowest BCUT2D eigenvalue weighted by Crippen LogP contribution is -2.27. The number of rotatable bonds is 5. The maximum absolute atomic E-state index is 12.7. The molecular weight excluding hydrogens is 229 g/mol. The van der Waals surface area contributed by atoms with Gasteiger partial charge in [0.05, 0.1) is 0 Å². The summed E-state index contributed by atoms with van der Waals surface area (Å²) in [6.45, 7) is 1.88. The molecule has 0 aromatic heterocycles. The smallest absolute Gasteiger partial charge is 0.222 e. The van der Waals surface area contributed by atoms with Crippen molar-refractivity contribution in [3.8, 4) is 0 Å². The van der Waals surface area contributed by atoms with Gasteiger partial charge in [0, 0.05) is 19.5 Å². The van der Waals surface area contributed by atoms with Gasteiger partial charge in [-0.3, -0.25) is 4.79 Å². The number of likely N-dealkylation sites (tertiary alicyclic amines) is 1. The van der Waals surface area contributed by atoms with Crippen molar-refractivity contribution in [2.24, 2.45) is 0 Å². The van der Waals surface area contributed by atoms with Crippen LogP contribution in [-0.2, 0) is 11.2 Å². The number of amides is 1. The van der Waals surface area contributed by atoms with Crippen molar-refractivity contribution < 1.29 is 9.18 Å². The molecule has 0 spiro atoms. The van der Waals surface area contributed by atoms with Crippen LogP contribution in [0.3, 0.4) is 0 Å². The third-order valence-corrected chi connectivity index (χ3v) is 3.48. The summed E-state index contributed by atoms with van der Waals surface area (Å²) in [5, 5.41) is 0. The van der Waals surface area contributed by atoms with E-state index in [1.807, 2.05) is 17.0 Å². The predicted octanol–water partition coefficient (Wildman–Crippen LogP) is 3.16. The van der Waals surface area contributed by atoms with E-state index in [-0.39, 0.29) is 5.82 Å². The normalized spacial score (nSPS) is 15.1. The molecule has 1 heterocycles. The zero-order valence-corrected chi connectivity index (χ0v) is 10.7. The lowest BCUT2D eigenvalue weighted by molar-refractivity contribution is -0.130. The van der Waals surface area contributed by atoms with Gasteiger partial charge in [0.15, 0.2) is 0 Å². The highest BCUT2D eigenvalue weighted by molar-refractivity contribution is 5.76. The highest BCUT2D eigenvalue weighted by Gasteiger charge is 2.16. The van der Waals surface area contributed by atoms with Crippen molar-refractivity contribution in [3.05, 3.63) is 35.6 Å². The van der Waals surface area contributed by atoms with Gasteiger partial charge >= 0.3 is 0 Å². The van der Waals surface area contributed by atoms with Gasteiger partial charge in [-0.2, -0.15) is 0 Å². The van der Waals surface area contributed by atoms with Crippen molar-refractivity contribution >= 4 is 5.91 Å². The first kappa shape index (κ1) is 13.1. The van der Waals surface area contributed by atoms with Gasteiger partial charge in [0.2, 0.25) is 5.91 Å². The number of carbonyl (C=O) groups is 1. The van der Waals surface area contributed by atoms with Crippen molar-refractivity contribution in [2.45, 2.75) is 38.5 Å². The van der Waals surface area contributed by atoms with Crippen LogP contribution >= 0.6 is 0 Å². The molecule has 0 unspecified atom stereocenters. The Morgan fingerprint density at radius 1 is 1.11 bits per heavy atom. The third-order valence-electron chi connectivity index (χ3n) is 3.48. The Hall–Kier alpha value is -1.38. The van der Waals surface area contributed by atoms with E-state index in [9.17, 15) is 9.18 Å². The summed E-state index contributed by atoms with van der Waals surface area (Å²) in [4.78, 5) is 13.7. The lowest BCUT2D eigenvalue weighted by Gasteiger charge is -2.14. The summed E-state index contributed by atoms with van der Waals surface area (Å²) in [6.07, 6.45) is 5.80. The Balaban J connectivity index is 1.63. The Morgan fingerprint density at radius 2 is 1.78 bits per heavy atom. The first-order chi connectivity index (χ1) is 8.75. The number of unbranched alkanes of at least 4 members (excludes halogenated alkanes) is 1. The average molecular weight is 249 g/mol. The Morgan fingerprint density at radius 3 is 2.44 bits per heavy atom. The highest BCUT2D eigenvalue weighted by atomic mass is 19.1. The molecule has 98 valence electrons. The largest absolute Gasteiger partial charge is 0.343 e. The van der Waals surface area contributed by atoms with Gasteiger partial charge in [-0.1, -0.05) is 12.1 Å². The molecule has 0 bridgehead atoms. The topological polar surface area (TPSA) is 20.3 Å². The second-order valence-corrected chi connectivity index (χ2v) is 4.92. The van der Waals surface area contributed by atoms with Crippen molar-refractivity contribution in [3.63, 3.8) is 0 Å². The first-order valence-electron chi connectivity index (χ1n) is 6.78. The van der Waals surface area contributed by atoms with E-state index in [1.54, 1.807) is 0 Å². The highest BCUT2D eigenvalue weighted by Crippen LogP contribution is 2.12. The number of benzene rings is 1. The molecule has 1 aromatic rings. The zero-order chi connectivity index (χ0) is 12.8. The van der Waals surface area contributed by atoms with E-state index in [1.165, 1.54) is 12.1 Å². The van der Waals surface area contributed by atoms with E-state index in [2.05, 4.69) is 0 Å². The quantitative estimate of drug-likeness (QED) is 0.734. The molecular formula is C15H20FNO. The maximum Gasteiger partial charge on any atom is 0.222 e. The number of hydrogen-bond acceptors (Lipinski definition) is 1. The predicted molar refractivity (Wildman–Crippen MR) is 69.8 cm³/mol. The van der Waals surface area contributed by atoms with Crippen LogP contribution in [0.4, 0.5) is 4.39 Å². The number of halogens is 1. The fourth-order valence-corrected chi connectivity index (χ4v) is 2.38. The summed E-state index contributed by atoms with van der Waals surface area (Å²) in [7, 11) is 0. The number of nitrogens with zero attached hydrogens (tertiary/aromatic N) is 1. The molecule has 1 aliphatic heterocycles. The summed E-state index contributed by atoms with van der Waals surface area (Å²) >= 11 is 0. The standard InChI is InChI=1S/C15H20FNO/c16-14-9-7-13(8-10-14)5-1-2-6-15(18)17-11-3-4-12-17/h7-10H,1-6,11-12H2. The van der Waals surface area contributed by atoms with Crippen LogP contribution in [0.2, 0.25) is 0 Å². The van der Waals surface area contributed by atoms with E-state index in [0.717, 1.165) is 50.8 Å². The monoisotopic (exact) mass is 249 g/mol. The minimum atomic E-state index is -0.192. The van der Waals surface area contributed by atoms with Crippen LogP contribution in [0.15, 0.2) is 24.3 Å².